The van der Waals surface area contributed by atoms with Crippen LogP contribution in [-0.2, 0) is 16.6 Å². The lowest BCUT2D eigenvalue weighted by atomic mass is 9.57. The molecule has 4 rings (SSSR count). The maximum Gasteiger partial charge on any atom is 0.513 e. The molecular formula is C23H26O5. The van der Waals surface area contributed by atoms with Crippen molar-refractivity contribution in [3.8, 4) is 17.2 Å². The average molecular weight is 382 g/mol. The molecule has 0 fully saturated rings. The Morgan fingerprint density at radius 3 is 2.32 bits per heavy atom. The molecule has 2 heterocycles. The first kappa shape index (κ1) is 18.7. The summed E-state index contributed by atoms with van der Waals surface area (Å²) in [5.41, 5.74) is 1.98. The molecule has 1 unspecified atom stereocenters. The number of rotatable bonds is 1. The highest BCUT2D eigenvalue weighted by molar-refractivity contribution is 5.65. The molecule has 2 aromatic rings. The predicted octanol–water partition coefficient (Wildman–Crippen LogP) is 4.96. The summed E-state index contributed by atoms with van der Waals surface area (Å²) in [6.45, 7) is 10.5. The van der Waals surface area contributed by atoms with Gasteiger partial charge in [0.1, 0.15) is 28.5 Å². The van der Waals surface area contributed by atoms with Gasteiger partial charge >= 0.3 is 6.16 Å². The molecule has 148 valence electrons. The summed E-state index contributed by atoms with van der Waals surface area (Å²) in [6, 6.07) is 11.9. The Kier molecular flexibility index (Phi) is 3.93. The van der Waals surface area contributed by atoms with Gasteiger partial charge in [-0.25, -0.2) is 4.79 Å². The minimum absolute atomic E-state index is 0.393. The molecule has 0 aromatic heterocycles. The molecule has 5 heteroatoms. The van der Waals surface area contributed by atoms with Crippen LogP contribution in [0.15, 0.2) is 36.4 Å². The van der Waals surface area contributed by atoms with Crippen molar-refractivity contribution < 1.29 is 23.7 Å². The van der Waals surface area contributed by atoms with Crippen LogP contribution in [0.25, 0.3) is 0 Å². The summed E-state index contributed by atoms with van der Waals surface area (Å²) >= 11 is 0. The minimum atomic E-state index is -0.752. The first-order chi connectivity index (χ1) is 13.1. The first-order valence-corrected chi connectivity index (χ1v) is 9.47. The lowest BCUT2D eigenvalue weighted by Gasteiger charge is -2.53. The molecule has 1 atom stereocenters. The second kappa shape index (κ2) is 5.90. The Morgan fingerprint density at radius 1 is 0.964 bits per heavy atom. The van der Waals surface area contributed by atoms with E-state index in [4.69, 9.17) is 14.2 Å². The van der Waals surface area contributed by atoms with Gasteiger partial charge in [-0.1, -0.05) is 18.2 Å². The van der Waals surface area contributed by atoms with E-state index in [1.54, 1.807) is 12.1 Å². The van der Waals surface area contributed by atoms with Gasteiger partial charge in [0.05, 0.1) is 12.5 Å². The lowest BCUT2D eigenvalue weighted by molar-refractivity contribution is -0.0796. The van der Waals surface area contributed by atoms with Crippen LogP contribution in [0.4, 0.5) is 4.79 Å². The van der Waals surface area contributed by atoms with E-state index in [0.717, 1.165) is 17.7 Å². The van der Waals surface area contributed by atoms with Crippen LogP contribution in [0.5, 0.6) is 17.2 Å². The van der Waals surface area contributed by atoms with Gasteiger partial charge in [-0.2, -0.15) is 0 Å². The van der Waals surface area contributed by atoms with Crippen LogP contribution in [0.3, 0.4) is 0 Å². The van der Waals surface area contributed by atoms with E-state index in [0.29, 0.717) is 11.5 Å². The van der Waals surface area contributed by atoms with Crippen LogP contribution in [0, 0.1) is 6.92 Å². The van der Waals surface area contributed by atoms with Crippen LogP contribution in [0.1, 0.15) is 44.4 Å². The summed E-state index contributed by atoms with van der Waals surface area (Å²) < 4.78 is 22.7. The molecule has 2 aliphatic rings. The summed E-state index contributed by atoms with van der Waals surface area (Å²) in [5.74, 6) is 2.04. The molecule has 28 heavy (non-hydrogen) atoms. The fourth-order valence-electron chi connectivity index (χ4n) is 4.95. The maximum atomic E-state index is 11.5. The van der Waals surface area contributed by atoms with Gasteiger partial charge in [0.2, 0.25) is 0 Å². The molecule has 0 saturated carbocycles. The molecule has 2 aliphatic heterocycles. The molecule has 0 amide bonds. The highest BCUT2D eigenvalue weighted by Gasteiger charge is 2.65. The quantitative estimate of drug-likeness (QED) is 0.515. The normalized spacial score (nSPS) is 23.2. The molecule has 1 spiro atoms. The van der Waals surface area contributed by atoms with Crippen LogP contribution < -0.4 is 14.2 Å². The largest absolute Gasteiger partial charge is 0.513 e. The third-order valence-electron chi connectivity index (χ3n) is 6.24. The van der Waals surface area contributed by atoms with Crippen LogP contribution >= 0.6 is 0 Å². The monoisotopic (exact) mass is 382 g/mol. The van der Waals surface area contributed by atoms with Gasteiger partial charge in [0.25, 0.3) is 0 Å². The maximum absolute atomic E-state index is 11.5. The number of hydrogen-bond donors (Lipinski definition) is 0. The van der Waals surface area contributed by atoms with E-state index >= 15 is 0 Å². The second-order valence-corrected chi connectivity index (χ2v) is 8.63. The molecule has 0 N–H and O–H groups in total. The van der Waals surface area contributed by atoms with E-state index in [1.165, 1.54) is 18.2 Å². The average Bonchev–Trinajstić information content (AvgIpc) is 2.82. The standard InChI is InChI=1S/C23H26O5/c1-14-7-8-15-13-23(21(2,3)27-18(15)11-14)17-10-9-16(26-20(24)25-6)12-19(17)28-22(23,4)5/h7-12H,13H2,1-6H3. The van der Waals surface area contributed by atoms with Crippen molar-refractivity contribution in [1.82, 2.24) is 0 Å². The summed E-state index contributed by atoms with van der Waals surface area (Å²) in [7, 11) is 1.28. The predicted molar refractivity (Wildman–Crippen MR) is 105 cm³/mol. The highest BCUT2D eigenvalue weighted by Crippen LogP contribution is 2.60. The lowest BCUT2D eigenvalue weighted by Crippen LogP contribution is -2.64. The van der Waals surface area contributed by atoms with Crippen molar-refractivity contribution in [2.75, 3.05) is 7.11 Å². The van der Waals surface area contributed by atoms with Gasteiger partial charge in [-0.3, -0.25) is 0 Å². The van der Waals surface area contributed by atoms with Crippen molar-refractivity contribution >= 4 is 6.16 Å². The number of methoxy groups -OCH3 is 1. The molecular weight excluding hydrogens is 356 g/mol. The van der Waals surface area contributed by atoms with Crippen molar-refractivity contribution in [3.05, 3.63) is 53.1 Å². The number of carbonyl (C=O) groups is 1. The zero-order chi connectivity index (χ0) is 20.3. The van der Waals surface area contributed by atoms with E-state index < -0.39 is 22.8 Å². The fourth-order valence-corrected chi connectivity index (χ4v) is 4.95. The van der Waals surface area contributed by atoms with Gasteiger partial charge in [0.15, 0.2) is 0 Å². The third-order valence-corrected chi connectivity index (χ3v) is 6.24. The molecule has 0 radical (unpaired) electrons. The molecule has 0 aliphatic carbocycles. The zero-order valence-corrected chi connectivity index (χ0v) is 17.2. The van der Waals surface area contributed by atoms with E-state index in [-0.39, 0.29) is 0 Å². The second-order valence-electron chi connectivity index (χ2n) is 8.63. The van der Waals surface area contributed by atoms with Crippen LogP contribution in [0.2, 0.25) is 0 Å². The van der Waals surface area contributed by atoms with Crippen molar-refractivity contribution in [3.63, 3.8) is 0 Å². The van der Waals surface area contributed by atoms with Crippen molar-refractivity contribution in [1.29, 1.82) is 0 Å². The van der Waals surface area contributed by atoms with Gasteiger partial charge in [0, 0.05) is 11.6 Å². The Morgan fingerprint density at radius 2 is 1.64 bits per heavy atom. The molecule has 2 aromatic carbocycles. The van der Waals surface area contributed by atoms with Gasteiger partial charge in [-0.05, 0) is 64.3 Å². The molecule has 0 bridgehead atoms. The summed E-state index contributed by atoms with van der Waals surface area (Å²) in [6.07, 6.45) is 0.0462. The highest BCUT2D eigenvalue weighted by atomic mass is 16.7. The summed E-state index contributed by atoms with van der Waals surface area (Å²) in [5, 5.41) is 0. The van der Waals surface area contributed by atoms with E-state index in [2.05, 4.69) is 57.6 Å². The SMILES string of the molecule is COC(=O)Oc1ccc2c(c1)OC(C)(C)C21Cc2ccc(C)cc2OC1(C)C. The van der Waals surface area contributed by atoms with Gasteiger partial charge < -0.3 is 18.9 Å². The fraction of sp³-hybridized carbons (Fsp3) is 0.435. The third kappa shape index (κ3) is 2.49. The Bertz CT molecular complexity index is 959. The topological polar surface area (TPSA) is 54.0 Å². The minimum Gasteiger partial charge on any atom is -0.486 e. The number of aryl methyl sites for hydroxylation is 1. The van der Waals surface area contributed by atoms with Crippen LogP contribution in [-0.4, -0.2) is 24.5 Å². The number of ether oxygens (including phenoxy) is 4. The summed E-state index contributed by atoms with van der Waals surface area (Å²) in [4.78, 5) is 11.5. The van der Waals surface area contributed by atoms with E-state index in [9.17, 15) is 4.79 Å². The van der Waals surface area contributed by atoms with Crippen molar-refractivity contribution in [2.24, 2.45) is 0 Å². The number of fused-ring (bicyclic) bond motifs is 3. The Hall–Kier alpha value is -2.69. The Labute approximate surface area is 165 Å². The first-order valence-electron chi connectivity index (χ1n) is 9.47. The number of benzene rings is 2. The smallest absolute Gasteiger partial charge is 0.486 e. The van der Waals surface area contributed by atoms with Gasteiger partial charge in [-0.15, -0.1) is 0 Å². The number of carbonyl (C=O) groups excluding carboxylic acids is 1. The Balaban J connectivity index is 1.85. The zero-order valence-electron chi connectivity index (χ0n) is 17.2. The molecule has 5 nitrogen and oxygen atoms in total. The number of hydrogen-bond acceptors (Lipinski definition) is 5. The van der Waals surface area contributed by atoms with E-state index in [1.807, 2.05) is 6.07 Å². The molecule has 0 saturated heterocycles. The van der Waals surface area contributed by atoms with Crippen molar-refractivity contribution in [2.45, 2.75) is 57.7 Å².